The van der Waals surface area contributed by atoms with Crippen LogP contribution in [0.2, 0.25) is 0 Å². The molecule has 0 saturated carbocycles. The van der Waals surface area contributed by atoms with Crippen molar-refractivity contribution in [1.82, 2.24) is 4.90 Å². The first-order valence-electron chi connectivity index (χ1n) is 6.47. The van der Waals surface area contributed by atoms with Gasteiger partial charge in [-0.1, -0.05) is 18.2 Å². The Kier molecular flexibility index (Phi) is 6.67. The molecule has 1 amide bonds. The predicted molar refractivity (Wildman–Crippen MR) is 77.6 cm³/mol. The van der Waals surface area contributed by atoms with Gasteiger partial charge in [0, 0.05) is 19.1 Å². The lowest BCUT2D eigenvalue weighted by Crippen LogP contribution is -2.43. The standard InChI is InChI=1S/C14H20N2O2.ClH/c15-12-6-9-16(10-7-12)14(17)8-11-18-13-4-2-1-3-5-13;/h1-5,12H,6-11,15H2;1H. The van der Waals surface area contributed by atoms with Gasteiger partial charge in [0.05, 0.1) is 13.0 Å². The number of likely N-dealkylation sites (tertiary alicyclic amines) is 1. The maximum atomic E-state index is 11.9. The molecule has 1 aliphatic rings. The van der Waals surface area contributed by atoms with E-state index in [0.29, 0.717) is 13.0 Å². The van der Waals surface area contributed by atoms with Gasteiger partial charge in [0.25, 0.3) is 0 Å². The summed E-state index contributed by atoms with van der Waals surface area (Å²) in [7, 11) is 0. The molecule has 0 radical (unpaired) electrons. The Bertz CT molecular complexity index is 378. The minimum absolute atomic E-state index is 0. The van der Waals surface area contributed by atoms with Gasteiger partial charge in [0.15, 0.2) is 0 Å². The first-order chi connectivity index (χ1) is 8.75. The van der Waals surface area contributed by atoms with Gasteiger partial charge < -0.3 is 15.4 Å². The van der Waals surface area contributed by atoms with Crippen molar-refractivity contribution in [3.05, 3.63) is 30.3 Å². The number of hydrogen-bond acceptors (Lipinski definition) is 3. The molecule has 1 fully saturated rings. The first kappa shape index (κ1) is 15.8. The highest BCUT2D eigenvalue weighted by atomic mass is 35.5. The van der Waals surface area contributed by atoms with Crippen molar-refractivity contribution < 1.29 is 9.53 Å². The van der Waals surface area contributed by atoms with Crippen molar-refractivity contribution in [2.75, 3.05) is 19.7 Å². The summed E-state index contributed by atoms with van der Waals surface area (Å²) in [6.45, 7) is 2.00. The van der Waals surface area contributed by atoms with Gasteiger partial charge in [0.1, 0.15) is 5.75 Å². The van der Waals surface area contributed by atoms with Gasteiger partial charge in [-0.3, -0.25) is 4.79 Å². The monoisotopic (exact) mass is 284 g/mol. The third-order valence-corrected chi connectivity index (χ3v) is 3.22. The number of nitrogens with zero attached hydrogens (tertiary/aromatic N) is 1. The molecule has 1 aliphatic heterocycles. The Balaban J connectivity index is 0.00000180. The molecular weight excluding hydrogens is 264 g/mol. The lowest BCUT2D eigenvalue weighted by molar-refractivity contribution is -0.132. The number of rotatable bonds is 4. The Morgan fingerprint density at radius 1 is 1.26 bits per heavy atom. The van der Waals surface area contributed by atoms with Gasteiger partial charge >= 0.3 is 0 Å². The molecule has 2 rings (SSSR count). The number of piperidine rings is 1. The summed E-state index contributed by atoms with van der Waals surface area (Å²) in [5.74, 6) is 0.976. The van der Waals surface area contributed by atoms with E-state index < -0.39 is 0 Å². The maximum absolute atomic E-state index is 11.9. The van der Waals surface area contributed by atoms with Crippen LogP contribution in [0.3, 0.4) is 0 Å². The minimum Gasteiger partial charge on any atom is -0.493 e. The zero-order chi connectivity index (χ0) is 12.8. The second kappa shape index (κ2) is 8.02. The van der Waals surface area contributed by atoms with Crippen LogP contribution >= 0.6 is 12.4 Å². The van der Waals surface area contributed by atoms with Gasteiger partial charge in [-0.25, -0.2) is 0 Å². The summed E-state index contributed by atoms with van der Waals surface area (Å²) in [5.41, 5.74) is 5.81. The fraction of sp³-hybridized carbons (Fsp3) is 0.500. The van der Waals surface area contributed by atoms with E-state index in [4.69, 9.17) is 10.5 Å². The van der Waals surface area contributed by atoms with Gasteiger partial charge in [0.2, 0.25) is 5.91 Å². The average molecular weight is 285 g/mol. The number of benzene rings is 1. The third kappa shape index (κ3) is 5.09. The Morgan fingerprint density at radius 3 is 2.53 bits per heavy atom. The van der Waals surface area contributed by atoms with Crippen LogP contribution in [-0.4, -0.2) is 36.5 Å². The number of amides is 1. The molecule has 0 spiro atoms. The number of para-hydroxylation sites is 1. The summed E-state index contributed by atoms with van der Waals surface area (Å²) >= 11 is 0. The molecule has 0 aliphatic carbocycles. The summed E-state index contributed by atoms with van der Waals surface area (Å²) in [6.07, 6.45) is 2.25. The molecule has 2 N–H and O–H groups in total. The fourth-order valence-electron chi connectivity index (χ4n) is 2.08. The van der Waals surface area contributed by atoms with E-state index in [2.05, 4.69) is 0 Å². The van der Waals surface area contributed by atoms with Crippen molar-refractivity contribution in [2.45, 2.75) is 25.3 Å². The molecule has 1 aromatic rings. The van der Waals surface area contributed by atoms with Gasteiger partial charge in [-0.15, -0.1) is 12.4 Å². The minimum atomic E-state index is 0. The van der Waals surface area contributed by atoms with Crippen LogP contribution in [0.4, 0.5) is 0 Å². The molecule has 4 nitrogen and oxygen atoms in total. The molecule has 0 aromatic heterocycles. The number of carbonyl (C=O) groups excluding carboxylic acids is 1. The lowest BCUT2D eigenvalue weighted by atomic mass is 10.1. The lowest BCUT2D eigenvalue weighted by Gasteiger charge is -2.30. The van der Waals surface area contributed by atoms with E-state index in [1.165, 1.54) is 0 Å². The average Bonchev–Trinajstić information content (AvgIpc) is 2.40. The van der Waals surface area contributed by atoms with Crippen LogP contribution in [0.25, 0.3) is 0 Å². The van der Waals surface area contributed by atoms with Crippen LogP contribution < -0.4 is 10.5 Å². The van der Waals surface area contributed by atoms with E-state index in [0.717, 1.165) is 31.7 Å². The van der Waals surface area contributed by atoms with E-state index >= 15 is 0 Å². The number of hydrogen-bond donors (Lipinski definition) is 1. The molecule has 19 heavy (non-hydrogen) atoms. The van der Waals surface area contributed by atoms with Crippen LogP contribution in [0.5, 0.6) is 5.75 Å². The van der Waals surface area contributed by atoms with Crippen LogP contribution in [0.15, 0.2) is 30.3 Å². The largest absolute Gasteiger partial charge is 0.493 e. The van der Waals surface area contributed by atoms with Crippen LogP contribution in [0.1, 0.15) is 19.3 Å². The normalized spacial score (nSPS) is 15.7. The Morgan fingerprint density at radius 2 is 1.89 bits per heavy atom. The molecule has 0 atom stereocenters. The highest BCUT2D eigenvalue weighted by Crippen LogP contribution is 2.11. The van der Waals surface area contributed by atoms with Crippen molar-refractivity contribution >= 4 is 18.3 Å². The van der Waals surface area contributed by atoms with E-state index in [-0.39, 0.29) is 24.4 Å². The molecule has 1 saturated heterocycles. The third-order valence-electron chi connectivity index (χ3n) is 3.22. The van der Waals surface area contributed by atoms with Gasteiger partial charge in [-0.05, 0) is 25.0 Å². The summed E-state index contributed by atoms with van der Waals surface area (Å²) in [5, 5.41) is 0. The number of carbonyl (C=O) groups is 1. The zero-order valence-electron chi connectivity index (χ0n) is 11.0. The van der Waals surface area contributed by atoms with E-state index in [9.17, 15) is 4.79 Å². The number of halogens is 1. The molecule has 0 unspecified atom stereocenters. The van der Waals surface area contributed by atoms with Gasteiger partial charge in [-0.2, -0.15) is 0 Å². The molecule has 1 aromatic carbocycles. The van der Waals surface area contributed by atoms with Crippen molar-refractivity contribution in [2.24, 2.45) is 5.73 Å². The maximum Gasteiger partial charge on any atom is 0.225 e. The van der Waals surface area contributed by atoms with E-state index in [1.807, 2.05) is 35.2 Å². The second-order valence-corrected chi connectivity index (χ2v) is 4.63. The van der Waals surface area contributed by atoms with Crippen molar-refractivity contribution in [1.29, 1.82) is 0 Å². The SMILES string of the molecule is Cl.NC1CCN(C(=O)CCOc2ccccc2)CC1. The molecule has 0 bridgehead atoms. The topological polar surface area (TPSA) is 55.6 Å². The highest BCUT2D eigenvalue weighted by molar-refractivity contribution is 5.85. The first-order valence-corrected chi connectivity index (χ1v) is 6.47. The molecule has 1 heterocycles. The smallest absolute Gasteiger partial charge is 0.225 e. The second-order valence-electron chi connectivity index (χ2n) is 4.63. The zero-order valence-corrected chi connectivity index (χ0v) is 11.8. The Hall–Kier alpha value is -1.26. The summed E-state index contributed by atoms with van der Waals surface area (Å²) in [6, 6.07) is 9.82. The molecule has 106 valence electrons. The predicted octanol–water partition coefficient (Wildman–Crippen LogP) is 1.83. The van der Waals surface area contributed by atoms with Crippen molar-refractivity contribution in [3.63, 3.8) is 0 Å². The van der Waals surface area contributed by atoms with Crippen molar-refractivity contribution in [3.8, 4) is 5.75 Å². The summed E-state index contributed by atoms with van der Waals surface area (Å²) in [4.78, 5) is 13.8. The highest BCUT2D eigenvalue weighted by Gasteiger charge is 2.20. The molecule has 5 heteroatoms. The number of ether oxygens (including phenoxy) is 1. The Labute approximate surface area is 120 Å². The summed E-state index contributed by atoms with van der Waals surface area (Å²) < 4.78 is 5.52. The number of nitrogens with two attached hydrogens (primary N) is 1. The van der Waals surface area contributed by atoms with Crippen LogP contribution in [0, 0.1) is 0 Å². The quantitative estimate of drug-likeness (QED) is 0.918. The van der Waals surface area contributed by atoms with E-state index in [1.54, 1.807) is 0 Å². The van der Waals surface area contributed by atoms with Crippen LogP contribution in [-0.2, 0) is 4.79 Å². The molecular formula is C14H21ClN2O2. The fourth-order valence-corrected chi connectivity index (χ4v) is 2.08.